The van der Waals surface area contributed by atoms with Gasteiger partial charge in [-0.1, -0.05) is 47.5 Å². The lowest BCUT2D eigenvalue weighted by molar-refractivity contribution is -0.0594. The number of nitrogens with zero attached hydrogens (tertiary/aromatic N) is 3. The number of carbonyl (C=O) groups is 2. The predicted octanol–water partition coefficient (Wildman–Crippen LogP) is 5.47. The van der Waals surface area contributed by atoms with Gasteiger partial charge in [-0.15, -0.1) is 0 Å². The third-order valence-electron chi connectivity index (χ3n) is 5.97. The van der Waals surface area contributed by atoms with Crippen LogP contribution >= 0.6 is 27.5 Å². The molecule has 8 nitrogen and oxygen atoms in total. The molecule has 2 aromatic heterocycles. The minimum Gasteiger partial charge on any atom is -0.459 e. The van der Waals surface area contributed by atoms with Crippen molar-refractivity contribution in [2.45, 2.75) is 31.5 Å². The zero-order chi connectivity index (χ0) is 26.1. The van der Waals surface area contributed by atoms with Gasteiger partial charge >= 0.3 is 11.9 Å². The molecule has 0 N–H and O–H groups in total. The van der Waals surface area contributed by atoms with Gasteiger partial charge in [0.05, 0.1) is 16.5 Å². The summed E-state index contributed by atoms with van der Waals surface area (Å²) in [6.45, 7) is 1.51. The van der Waals surface area contributed by atoms with E-state index < -0.39 is 36.5 Å². The number of aromatic nitrogens is 3. The Morgan fingerprint density at radius 1 is 1.08 bits per heavy atom. The molecule has 0 aliphatic carbocycles. The second kappa shape index (κ2) is 10.6. The van der Waals surface area contributed by atoms with Crippen molar-refractivity contribution in [3.63, 3.8) is 0 Å². The molecular weight excluding hydrogens is 569 g/mol. The Hall–Kier alpha value is -3.34. The monoisotopic (exact) mass is 587 g/mol. The predicted molar refractivity (Wildman–Crippen MR) is 136 cm³/mol. The Balaban J connectivity index is 1.43. The Bertz CT molecular complexity index is 1450. The van der Waals surface area contributed by atoms with Gasteiger partial charge in [0.15, 0.2) is 18.5 Å². The lowest BCUT2D eigenvalue weighted by Gasteiger charge is -2.21. The third kappa shape index (κ3) is 5.09. The molecule has 11 heteroatoms. The molecule has 5 rings (SSSR count). The van der Waals surface area contributed by atoms with Gasteiger partial charge in [-0.2, -0.15) is 0 Å². The zero-order valence-corrected chi connectivity index (χ0v) is 21.7. The highest BCUT2D eigenvalue weighted by molar-refractivity contribution is 9.10. The van der Waals surface area contributed by atoms with Crippen LogP contribution < -0.4 is 0 Å². The topological polar surface area (TPSA) is 92.5 Å². The molecule has 2 aromatic carbocycles. The quantitative estimate of drug-likeness (QED) is 0.218. The maximum atomic E-state index is 15.8. The Labute approximate surface area is 224 Å². The zero-order valence-electron chi connectivity index (χ0n) is 19.4. The molecule has 1 aliphatic rings. The Kier molecular flexibility index (Phi) is 7.23. The summed E-state index contributed by atoms with van der Waals surface area (Å²) >= 11 is 9.66. The summed E-state index contributed by atoms with van der Waals surface area (Å²) in [4.78, 5) is 33.6. The average molecular weight is 589 g/mol. The SMILES string of the molecule is Cc1ccc(C(=O)OC[C@H]2O[C@@H](n3cc(Br)c4c(Cl)ncnc43)[C@H](OC(=O)c3ccccc3)[C@@H]2F)cc1. The molecule has 0 saturated carbocycles. The molecule has 0 spiro atoms. The number of esters is 2. The molecule has 4 aromatic rings. The van der Waals surface area contributed by atoms with Gasteiger partial charge in [0.25, 0.3) is 0 Å². The molecule has 0 amide bonds. The molecule has 0 bridgehead atoms. The molecule has 0 radical (unpaired) electrons. The number of hydrogen-bond acceptors (Lipinski definition) is 7. The maximum absolute atomic E-state index is 15.8. The first-order valence-corrected chi connectivity index (χ1v) is 12.5. The number of fused-ring (bicyclic) bond motifs is 1. The second-order valence-corrected chi connectivity index (χ2v) is 9.67. The minimum absolute atomic E-state index is 0.187. The van der Waals surface area contributed by atoms with E-state index in [0.717, 1.165) is 5.56 Å². The van der Waals surface area contributed by atoms with Crippen molar-refractivity contribution < 1.29 is 28.2 Å². The van der Waals surface area contributed by atoms with E-state index in [1.807, 2.05) is 6.92 Å². The number of ether oxygens (including phenoxy) is 3. The van der Waals surface area contributed by atoms with Crippen LogP contribution in [0.4, 0.5) is 4.39 Å². The number of halogens is 3. The smallest absolute Gasteiger partial charge is 0.338 e. The number of hydrogen-bond donors (Lipinski definition) is 0. The van der Waals surface area contributed by atoms with E-state index in [-0.39, 0.29) is 17.3 Å². The second-order valence-electron chi connectivity index (χ2n) is 8.46. The van der Waals surface area contributed by atoms with Crippen molar-refractivity contribution in [3.05, 3.63) is 93.4 Å². The molecule has 1 fully saturated rings. The lowest BCUT2D eigenvalue weighted by atomic mass is 10.1. The van der Waals surface area contributed by atoms with Crippen LogP contribution in [0, 0.1) is 6.92 Å². The van der Waals surface area contributed by atoms with Gasteiger partial charge < -0.3 is 18.8 Å². The fourth-order valence-electron chi connectivity index (χ4n) is 4.07. The first kappa shape index (κ1) is 25.3. The van der Waals surface area contributed by atoms with Crippen LogP contribution in [0.5, 0.6) is 0 Å². The van der Waals surface area contributed by atoms with Crippen LogP contribution in [0.15, 0.2) is 71.6 Å². The van der Waals surface area contributed by atoms with E-state index in [1.54, 1.807) is 60.8 Å². The standard InChI is InChI=1S/C26H20BrClFN3O5/c1-14-7-9-16(10-8-14)25(33)35-12-18-20(29)21(37-26(34)15-5-3-2-4-6-15)24(36-18)32-11-17(27)19-22(28)30-13-31-23(19)32/h2-11,13,18,20-21,24H,12H2,1H3/t18-,20-,21-,24-/m1/s1. The fourth-order valence-corrected chi connectivity index (χ4v) is 5.00. The normalized spacial score (nSPS) is 21.2. The molecule has 37 heavy (non-hydrogen) atoms. The summed E-state index contributed by atoms with van der Waals surface area (Å²) in [5, 5.41) is 0.678. The number of rotatable bonds is 6. The van der Waals surface area contributed by atoms with Crippen molar-refractivity contribution in [2.24, 2.45) is 0 Å². The van der Waals surface area contributed by atoms with E-state index in [0.29, 0.717) is 21.1 Å². The lowest BCUT2D eigenvalue weighted by Crippen LogP contribution is -2.34. The molecule has 0 unspecified atom stereocenters. The van der Waals surface area contributed by atoms with Gasteiger partial charge in [0.2, 0.25) is 0 Å². The van der Waals surface area contributed by atoms with E-state index in [2.05, 4.69) is 25.9 Å². The number of aryl methyl sites for hydroxylation is 1. The van der Waals surface area contributed by atoms with Crippen LogP contribution in [0.2, 0.25) is 5.15 Å². The van der Waals surface area contributed by atoms with Crippen LogP contribution in [-0.4, -0.2) is 51.5 Å². The van der Waals surface area contributed by atoms with Gasteiger partial charge in [-0.3, -0.25) is 0 Å². The molecule has 4 atom stereocenters. The summed E-state index contributed by atoms with van der Waals surface area (Å²) in [6, 6.07) is 15.0. The molecule has 3 heterocycles. The molecule has 190 valence electrons. The van der Waals surface area contributed by atoms with Crippen LogP contribution in [0.1, 0.15) is 32.5 Å². The van der Waals surface area contributed by atoms with Gasteiger partial charge in [-0.25, -0.2) is 23.9 Å². The number of carbonyl (C=O) groups excluding carboxylic acids is 2. The fraction of sp³-hybridized carbons (Fsp3) is 0.231. The van der Waals surface area contributed by atoms with Crippen molar-refractivity contribution in [2.75, 3.05) is 6.61 Å². The van der Waals surface area contributed by atoms with Gasteiger partial charge in [0.1, 0.15) is 29.8 Å². The van der Waals surface area contributed by atoms with Crippen molar-refractivity contribution in [1.82, 2.24) is 14.5 Å². The van der Waals surface area contributed by atoms with Crippen LogP contribution in [0.3, 0.4) is 0 Å². The summed E-state index contributed by atoms with van der Waals surface area (Å²) in [5.41, 5.74) is 1.92. The average Bonchev–Trinajstić information content (AvgIpc) is 3.40. The first-order valence-electron chi connectivity index (χ1n) is 11.3. The largest absolute Gasteiger partial charge is 0.459 e. The van der Waals surface area contributed by atoms with E-state index in [4.69, 9.17) is 25.8 Å². The highest BCUT2D eigenvalue weighted by Gasteiger charge is 2.50. The highest BCUT2D eigenvalue weighted by Crippen LogP contribution is 2.39. The minimum atomic E-state index is -1.81. The van der Waals surface area contributed by atoms with Crippen LogP contribution in [-0.2, 0) is 14.2 Å². The Morgan fingerprint density at radius 3 is 2.51 bits per heavy atom. The first-order chi connectivity index (χ1) is 17.8. The summed E-state index contributed by atoms with van der Waals surface area (Å²) in [5.74, 6) is -1.34. The van der Waals surface area contributed by atoms with E-state index >= 15 is 4.39 Å². The van der Waals surface area contributed by atoms with Crippen molar-refractivity contribution in [3.8, 4) is 0 Å². The summed E-state index contributed by atoms with van der Waals surface area (Å²) in [7, 11) is 0. The van der Waals surface area contributed by atoms with E-state index in [9.17, 15) is 9.59 Å². The Morgan fingerprint density at radius 2 is 1.78 bits per heavy atom. The van der Waals surface area contributed by atoms with Crippen molar-refractivity contribution in [1.29, 1.82) is 0 Å². The maximum Gasteiger partial charge on any atom is 0.338 e. The third-order valence-corrected chi connectivity index (χ3v) is 6.86. The highest BCUT2D eigenvalue weighted by atomic mass is 79.9. The van der Waals surface area contributed by atoms with Crippen LogP contribution in [0.25, 0.3) is 11.0 Å². The van der Waals surface area contributed by atoms with Gasteiger partial charge in [0, 0.05) is 10.7 Å². The molecule has 1 aliphatic heterocycles. The molecular formula is C26H20BrClFN3O5. The van der Waals surface area contributed by atoms with Crippen molar-refractivity contribution >= 4 is 50.5 Å². The summed E-state index contributed by atoms with van der Waals surface area (Å²) in [6.07, 6.45) is -2.63. The van der Waals surface area contributed by atoms with E-state index in [1.165, 1.54) is 10.9 Å². The molecule has 1 saturated heterocycles. The summed E-state index contributed by atoms with van der Waals surface area (Å²) < 4.78 is 34.8. The number of alkyl halides is 1. The van der Waals surface area contributed by atoms with Gasteiger partial charge in [-0.05, 0) is 47.1 Å². The number of benzene rings is 2.